The molecule has 1 saturated heterocycles. The molecule has 3 amide bonds. The van der Waals surface area contributed by atoms with Crippen molar-refractivity contribution in [2.45, 2.75) is 101 Å². The van der Waals surface area contributed by atoms with Crippen LogP contribution >= 0.6 is 15.9 Å². The van der Waals surface area contributed by atoms with E-state index >= 15 is 0 Å². The van der Waals surface area contributed by atoms with Gasteiger partial charge in [0.1, 0.15) is 11.6 Å². The first kappa shape index (κ1) is 32.2. The molecule has 2 aliphatic heterocycles. The summed E-state index contributed by atoms with van der Waals surface area (Å²) in [5.74, 6) is -1.61. The number of rotatable bonds is 4. The summed E-state index contributed by atoms with van der Waals surface area (Å²) < 4.78 is 34.4. The van der Waals surface area contributed by atoms with Gasteiger partial charge in [0.2, 0.25) is 11.8 Å². The van der Waals surface area contributed by atoms with Gasteiger partial charge in [0.05, 0.1) is 16.4 Å². The molecule has 1 aromatic carbocycles. The molecule has 0 aromatic heterocycles. The van der Waals surface area contributed by atoms with Gasteiger partial charge in [-0.05, 0) is 89.5 Å². The molecule has 0 spiro atoms. The minimum atomic E-state index is -4.15. The molecule has 2 N–H and O–H groups in total. The van der Waals surface area contributed by atoms with Gasteiger partial charge in [-0.15, -0.1) is 0 Å². The van der Waals surface area contributed by atoms with Gasteiger partial charge in [0.15, 0.2) is 5.78 Å². The number of nitrogens with one attached hydrogen (secondary N) is 2. The van der Waals surface area contributed by atoms with Gasteiger partial charge in [-0.1, -0.05) is 40.9 Å². The van der Waals surface area contributed by atoms with E-state index < -0.39 is 45.1 Å². The monoisotopic (exact) mass is 665 g/mol. The molecule has 4 rings (SSSR count). The van der Waals surface area contributed by atoms with Crippen molar-refractivity contribution in [2.75, 3.05) is 6.54 Å². The molecule has 10 nitrogen and oxygen atoms in total. The van der Waals surface area contributed by atoms with E-state index in [9.17, 15) is 27.6 Å². The standard InChI is InChI=1S/C30H40BrN3O7S/c1-29(2,3)41-28(38)32-23-11-8-6-4-5-7-10-20-18-30(20,19-25(35)24-12-9-17-34(24)26(23)36)27(37)33-42(39,40)22-15-13-21(31)14-16-22/h7,10,13-16,20,23-24H,4-6,8-9,11-12,17-19H2,1-3H3,(H,32,38)(H,33,37)/b10-7-/t20-,23+,24+,30-/m1/s1. The minimum absolute atomic E-state index is 0.0530. The van der Waals surface area contributed by atoms with E-state index in [0.717, 1.165) is 19.3 Å². The fourth-order valence-corrected chi connectivity index (χ4v) is 7.10. The van der Waals surface area contributed by atoms with Crippen molar-refractivity contribution in [2.24, 2.45) is 11.3 Å². The SMILES string of the molecule is CC(C)(C)OC(=O)N[C@H]1CCCCC/C=C\[C@@H]2C[C@@]2(C(=O)NS(=O)(=O)c2ccc(Br)cc2)CC(=O)[C@@H]2CCCN2C1=O. The van der Waals surface area contributed by atoms with Crippen LogP contribution in [0.2, 0.25) is 0 Å². The topological polar surface area (TPSA) is 139 Å². The number of carbonyl (C=O) groups excluding carboxylic acids is 4. The number of carbonyl (C=O) groups is 4. The van der Waals surface area contributed by atoms with Gasteiger partial charge in [-0.3, -0.25) is 14.4 Å². The van der Waals surface area contributed by atoms with Crippen LogP contribution in [-0.2, 0) is 29.1 Å². The van der Waals surface area contributed by atoms with Gasteiger partial charge >= 0.3 is 6.09 Å². The van der Waals surface area contributed by atoms with E-state index in [0.29, 0.717) is 43.1 Å². The molecule has 2 heterocycles. The van der Waals surface area contributed by atoms with Crippen LogP contribution in [0.25, 0.3) is 0 Å². The van der Waals surface area contributed by atoms with Crippen LogP contribution < -0.4 is 10.0 Å². The third-order valence-corrected chi connectivity index (χ3v) is 9.93. The Morgan fingerprint density at radius 1 is 1.05 bits per heavy atom. The van der Waals surface area contributed by atoms with Gasteiger partial charge in [0, 0.05) is 17.4 Å². The van der Waals surface area contributed by atoms with Crippen LogP contribution in [0.3, 0.4) is 0 Å². The summed E-state index contributed by atoms with van der Waals surface area (Å²) in [7, 11) is -4.15. The number of allylic oxidation sites excluding steroid dienone is 2. The maximum atomic E-state index is 13.8. The third-order valence-electron chi connectivity index (χ3n) is 8.06. The number of amides is 3. The number of ketones is 1. The van der Waals surface area contributed by atoms with Gasteiger partial charge in [0.25, 0.3) is 10.0 Å². The number of Topliss-reactive ketones (excluding diaryl/α,β-unsaturated/α-hetero) is 1. The van der Waals surface area contributed by atoms with E-state index in [2.05, 4.69) is 26.0 Å². The lowest BCUT2D eigenvalue weighted by Gasteiger charge is -2.30. The second kappa shape index (κ2) is 12.9. The van der Waals surface area contributed by atoms with Crippen LogP contribution in [0, 0.1) is 11.3 Å². The third kappa shape index (κ3) is 7.80. The maximum absolute atomic E-state index is 13.8. The van der Waals surface area contributed by atoms with Crippen LogP contribution in [0.15, 0.2) is 45.8 Å². The van der Waals surface area contributed by atoms with Crippen LogP contribution in [0.1, 0.15) is 78.6 Å². The van der Waals surface area contributed by atoms with Crippen molar-refractivity contribution >= 4 is 49.6 Å². The molecule has 42 heavy (non-hydrogen) atoms. The van der Waals surface area contributed by atoms with E-state index in [1.807, 2.05) is 12.2 Å². The first-order chi connectivity index (χ1) is 19.7. The number of sulfonamides is 1. The molecule has 0 bridgehead atoms. The van der Waals surface area contributed by atoms with Gasteiger partial charge < -0.3 is 15.0 Å². The molecule has 1 saturated carbocycles. The molecule has 1 aliphatic carbocycles. The Morgan fingerprint density at radius 2 is 1.76 bits per heavy atom. The van der Waals surface area contributed by atoms with Crippen molar-refractivity contribution in [3.8, 4) is 0 Å². The lowest BCUT2D eigenvalue weighted by molar-refractivity contribution is -0.140. The van der Waals surface area contributed by atoms with Crippen LogP contribution in [0.4, 0.5) is 4.79 Å². The number of nitrogens with zero attached hydrogens (tertiary/aromatic N) is 1. The summed E-state index contributed by atoms with van der Waals surface area (Å²) in [6, 6.07) is 4.36. The van der Waals surface area contributed by atoms with Gasteiger partial charge in [-0.2, -0.15) is 0 Å². The summed E-state index contributed by atoms with van der Waals surface area (Å²) in [4.78, 5) is 55.1. The molecule has 0 radical (unpaired) electrons. The molecular formula is C30H40BrN3O7S. The minimum Gasteiger partial charge on any atom is -0.444 e. The number of benzene rings is 1. The summed E-state index contributed by atoms with van der Waals surface area (Å²) in [6.07, 6.45) is 7.98. The highest BCUT2D eigenvalue weighted by molar-refractivity contribution is 9.10. The number of hydrogen-bond acceptors (Lipinski definition) is 7. The first-order valence-electron chi connectivity index (χ1n) is 14.5. The smallest absolute Gasteiger partial charge is 0.408 e. The van der Waals surface area contributed by atoms with Crippen molar-refractivity contribution < 1.29 is 32.3 Å². The van der Waals surface area contributed by atoms with Crippen LogP contribution in [0.5, 0.6) is 0 Å². The maximum Gasteiger partial charge on any atom is 0.408 e. The lowest BCUT2D eigenvalue weighted by atomic mass is 9.91. The zero-order valence-corrected chi connectivity index (χ0v) is 26.8. The average molecular weight is 667 g/mol. The Morgan fingerprint density at radius 3 is 2.45 bits per heavy atom. The van der Waals surface area contributed by atoms with E-state index in [-0.39, 0.29) is 28.9 Å². The number of ether oxygens (including phenoxy) is 1. The molecular weight excluding hydrogens is 626 g/mol. The Hall–Kier alpha value is -2.73. The normalized spacial score (nSPS) is 28.0. The molecule has 3 aliphatic rings. The largest absolute Gasteiger partial charge is 0.444 e. The Kier molecular flexibility index (Phi) is 9.86. The highest BCUT2D eigenvalue weighted by atomic mass is 79.9. The second-order valence-corrected chi connectivity index (χ2v) is 15.1. The Labute approximate surface area is 256 Å². The number of alkyl carbamates (subject to hydrolysis) is 1. The average Bonchev–Trinajstić information content (AvgIpc) is 3.35. The predicted molar refractivity (Wildman–Crippen MR) is 160 cm³/mol. The summed E-state index contributed by atoms with van der Waals surface area (Å²) in [5.41, 5.74) is -1.94. The quantitative estimate of drug-likeness (QED) is 0.447. The highest BCUT2D eigenvalue weighted by Gasteiger charge is 2.61. The Bertz CT molecular complexity index is 1340. The lowest BCUT2D eigenvalue weighted by Crippen LogP contribution is -2.52. The van der Waals surface area contributed by atoms with E-state index in [4.69, 9.17) is 4.74 Å². The fraction of sp³-hybridized carbons (Fsp3) is 0.600. The zero-order chi connectivity index (χ0) is 30.7. The van der Waals surface area contributed by atoms with Crippen molar-refractivity contribution in [1.82, 2.24) is 14.9 Å². The van der Waals surface area contributed by atoms with E-state index in [1.165, 1.54) is 17.0 Å². The summed E-state index contributed by atoms with van der Waals surface area (Å²) in [6.45, 7) is 5.60. The summed E-state index contributed by atoms with van der Waals surface area (Å²) in [5, 5.41) is 2.72. The number of fused-ring (bicyclic) bond motifs is 2. The van der Waals surface area contributed by atoms with Crippen molar-refractivity contribution in [1.29, 1.82) is 0 Å². The van der Waals surface area contributed by atoms with Gasteiger partial charge in [-0.25, -0.2) is 17.9 Å². The van der Waals surface area contributed by atoms with Crippen molar-refractivity contribution in [3.05, 3.63) is 40.9 Å². The van der Waals surface area contributed by atoms with E-state index in [1.54, 1.807) is 32.9 Å². The molecule has 1 aromatic rings. The zero-order valence-electron chi connectivity index (χ0n) is 24.4. The predicted octanol–water partition coefficient (Wildman–Crippen LogP) is 4.62. The highest BCUT2D eigenvalue weighted by Crippen LogP contribution is 2.57. The van der Waals surface area contributed by atoms with Crippen molar-refractivity contribution in [3.63, 3.8) is 0 Å². The molecule has 0 unspecified atom stereocenters. The Balaban J connectivity index is 1.56. The molecule has 4 atom stereocenters. The molecule has 230 valence electrons. The first-order valence-corrected chi connectivity index (χ1v) is 16.8. The number of halogens is 1. The fourth-order valence-electron chi connectivity index (χ4n) is 5.78. The molecule has 12 heteroatoms. The molecule has 2 fully saturated rings. The van der Waals surface area contributed by atoms with Crippen LogP contribution in [-0.4, -0.2) is 61.2 Å². The number of hydrogen-bond donors (Lipinski definition) is 2. The second-order valence-electron chi connectivity index (χ2n) is 12.5. The summed E-state index contributed by atoms with van der Waals surface area (Å²) >= 11 is 3.28.